The minimum Gasteiger partial charge on any atom is -0.369 e. The minimum absolute atomic E-state index is 0.394. The number of benzene rings is 1. The summed E-state index contributed by atoms with van der Waals surface area (Å²) in [5.41, 5.74) is 9.94. The lowest BCUT2D eigenvalue weighted by Crippen LogP contribution is -2.20. The van der Waals surface area contributed by atoms with Crippen LogP contribution in [0.15, 0.2) is 18.2 Å². The van der Waals surface area contributed by atoms with Gasteiger partial charge in [-0.25, -0.2) is 4.98 Å². The number of hydrogen-bond donors (Lipinski definition) is 1. The molecule has 1 aliphatic carbocycles. The zero-order valence-electron chi connectivity index (χ0n) is 11.2. The van der Waals surface area contributed by atoms with Crippen LogP contribution in [0.4, 0.5) is 5.95 Å². The van der Waals surface area contributed by atoms with Gasteiger partial charge >= 0.3 is 0 Å². The van der Waals surface area contributed by atoms with E-state index in [2.05, 4.69) is 41.6 Å². The number of fused-ring (bicyclic) bond motifs is 1. The van der Waals surface area contributed by atoms with Crippen LogP contribution in [-0.4, -0.2) is 9.55 Å². The lowest BCUT2D eigenvalue weighted by atomic mass is 9.89. The Morgan fingerprint density at radius 3 is 2.78 bits per heavy atom. The Balaban J connectivity index is 2.06. The van der Waals surface area contributed by atoms with Crippen molar-refractivity contribution >= 4 is 17.0 Å². The SMILES string of the molecule is Cc1cccc2c1nc(N)n2CC1(C)CCCC1. The van der Waals surface area contributed by atoms with Crippen LogP contribution in [-0.2, 0) is 6.54 Å². The number of nitrogen functional groups attached to an aromatic ring is 1. The van der Waals surface area contributed by atoms with E-state index in [0.717, 1.165) is 12.1 Å². The Kier molecular flexibility index (Phi) is 2.58. The van der Waals surface area contributed by atoms with Crippen LogP contribution in [0.1, 0.15) is 38.2 Å². The highest BCUT2D eigenvalue weighted by Gasteiger charge is 2.30. The monoisotopic (exact) mass is 243 g/mol. The van der Waals surface area contributed by atoms with Gasteiger partial charge in [-0.3, -0.25) is 0 Å². The number of nitrogens with two attached hydrogens (primary N) is 1. The van der Waals surface area contributed by atoms with Gasteiger partial charge in [0.05, 0.1) is 11.0 Å². The topological polar surface area (TPSA) is 43.8 Å². The first-order valence-electron chi connectivity index (χ1n) is 6.80. The summed E-state index contributed by atoms with van der Waals surface area (Å²) in [6.07, 6.45) is 5.31. The molecule has 1 saturated carbocycles. The van der Waals surface area contributed by atoms with Crippen molar-refractivity contribution in [1.29, 1.82) is 0 Å². The molecule has 2 N–H and O–H groups in total. The molecule has 3 heteroatoms. The first-order chi connectivity index (χ1) is 8.59. The highest BCUT2D eigenvalue weighted by atomic mass is 15.2. The Labute approximate surface area is 108 Å². The molecule has 96 valence electrons. The van der Waals surface area contributed by atoms with Crippen molar-refractivity contribution in [1.82, 2.24) is 9.55 Å². The summed E-state index contributed by atoms with van der Waals surface area (Å²) >= 11 is 0. The normalized spacial score (nSPS) is 18.6. The number of anilines is 1. The zero-order chi connectivity index (χ0) is 12.8. The summed E-state index contributed by atoms with van der Waals surface area (Å²) in [4.78, 5) is 4.53. The fourth-order valence-corrected chi connectivity index (χ4v) is 3.24. The van der Waals surface area contributed by atoms with Gasteiger partial charge < -0.3 is 10.3 Å². The summed E-state index contributed by atoms with van der Waals surface area (Å²) in [6.45, 7) is 5.47. The molecule has 0 unspecified atom stereocenters. The fourth-order valence-electron chi connectivity index (χ4n) is 3.24. The number of hydrogen-bond acceptors (Lipinski definition) is 2. The largest absolute Gasteiger partial charge is 0.369 e. The van der Waals surface area contributed by atoms with Crippen LogP contribution in [0, 0.1) is 12.3 Å². The van der Waals surface area contributed by atoms with E-state index in [0.29, 0.717) is 11.4 Å². The van der Waals surface area contributed by atoms with Crippen molar-refractivity contribution in [2.45, 2.75) is 46.1 Å². The van der Waals surface area contributed by atoms with Gasteiger partial charge in [-0.2, -0.15) is 0 Å². The Hall–Kier alpha value is -1.51. The third-order valence-electron chi connectivity index (χ3n) is 4.36. The van der Waals surface area contributed by atoms with Crippen molar-refractivity contribution in [3.63, 3.8) is 0 Å². The summed E-state index contributed by atoms with van der Waals surface area (Å²) in [5.74, 6) is 0.660. The molecule has 0 atom stereocenters. The third-order valence-corrected chi connectivity index (χ3v) is 4.36. The van der Waals surface area contributed by atoms with Crippen molar-refractivity contribution in [3.05, 3.63) is 23.8 Å². The lowest BCUT2D eigenvalue weighted by molar-refractivity contribution is 0.287. The van der Waals surface area contributed by atoms with Gasteiger partial charge in [0.25, 0.3) is 0 Å². The number of nitrogens with zero attached hydrogens (tertiary/aromatic N) is 2. The molecular weight excluding hydrogens is 222 g/mol. The van der Waals surface area contributed by atoms with Gasteiger partial charge in [-0.15, -0.1) is 0 Å². The van der Waals surface area contributed by atoms with Crippen molar-refractivity contribution in [2.75, 3.05) is 5.73 Å². The van der Waals surface area contributed by atoms with E-state index < -0.39 is 0 Å². The molecule has 3 rings (SSSR count). The first kappa shape index (κ1) is 11.6. The second-order valence-electron chi connectivity index (χ2n) is 6.02. The predicted octanol–water partition coefficient (Wildman–Crippen LogP) is 3.51. The lowest BCUT2D eigenvalue weighted by Gasteiger charge is -2.24. The minimum atomic E-state index is 0.394. The molecule has 0 amide bonds. The molecule has 1 aliphatic rings. The molecule has 1 aromatic carbocycles. The maximum absolute atomic E-state index is 6.11. The highest BCUT2D eigenvalue weighted by molar-refractivity contribution is 5.81. The van der Waals surface area contributed by atoms with E-state index in [1.165, 1.54) is 36.8 Å². The third kappa shape index (κ3) is 1.78. The predicted molar refractivity (Wildman–Crippen MR) is 75.5 cm³/mol. The van der Waals surface area contributed by atoms with E-state index >= 15 is 0 Å². The second-order valence-corrected chi connectivity index (χ2v) is 6.02. The average Bonchev–Trinajstić information content (AvgIpc) is 2.88. The number of imidazole rings is 1. The van der Waals surface area contributed by atoms with Gasteiger partial charge in [-0.1, -0.05) is 31.9 Å². The standard InChI is InChI=1S/C15H21N3/c1-11-6-5-7-12-13(11)17-14(16)18(12)10-15(2)8-3-4-9-15/h5-7H,3-4,8-10H2,1-2H3,(H2,16,17). The number of rotatable bonds is 2. The number of aromatic nitrogens is 2. The average molecular weight is 243 g/mol. The maximum Gasteiger partial charge on any atom is 0.201 e. The molecule has 0 radical (unpaired) electrons. The van der Waals surface area contributed by atoms with Gasteiger partial charge in [-0.05, 0) is 36.8 Å². The van der Waals surface area contributed by atoms with Gasteiger partial charge in [0.1, 0.15) is 0 Å². The van der Waals surface area contributed by atoms with Gasteiger partial charge in [0.15, 0.2) is 0 Å². The summed E-state index contributed by atoms with van der Waals surface area (Å²) in [6, 6.07) is 6.31. The number of para-hydroxylation sites is 1. The molecule has 1 heterocycles. The molecule has 1 aromatic heterocycles. The highest BCUT2D eigenvalue weighted by Crippen LogP contribution is 2.40. The van der Waals surface area contributed by atoms with Crippen molar-refractivity contribution in [2.24, 2.45) is 5.41 Å². The molecule has 2 aromatic rings. The molecule has 0 bridgehead atoms. The summed E-state index contributed by atoms with van der Waals surface area (Å²) in [7, 11) is 0. The molecule has 0 aliphatic heterocycles. The van der Waals surface area contributed by atoms with E-state index in [1.807, 2.05) is 0 Å². The first-order valence-corrected chi connectivity index (χ1v) is 6.80. The van der Waals surface area contributed by atoms with Crippen LogP contribution in [0.2, 0.25) is 0 Å². The quantitative estimate of drug-likeness (QED) is 0.877. The maximum atomic E-state index is 6.11. The summed E-state index contributed by atoms with van der Waals surface area (Å²) in [5, 5.41) is 0. The molecule has 0 saturated heterocycles. The van der Waals surface area contributed by atoms with E-state index in [1.54, 1.807) is 0 Å². The molecule has 3 nitrogen and oxygen atoms in total. The van der Waals surface area contributed by atoms with Crippen LogP contribution >= 0.6 is 0 Å². The molecular formula is C15H21N3. The van der Waals surface area contributed by atoms with Crippen molar-refractivity contribution in [3.8, 4) is 0 Å². The zero-order valence-corrected chi connectivity index (χ0v) is 11.2. The summed E-state index contributed by atoms with van der Waals surface area (Å²) < 4.78 is 2.20. The smallest absolute Gasteiger partial charge is 0.201 e. The van der Waals surface area contributed by atoms with Gasteiger partial charge in [0.2, 0.25) is 5.95 Å². The van der Waals surface area contributed by atoms with E-state index in [-0.39, 0.29) is 0 Å². The Morgan fingerprint density at radius 2 is 2.06 bits per heavy atom. The van der Waals surface area contributed by atoms with Crippen LogP contribution < -0.4 is 5.73 Å². The fraction of sp³-hybridized carbons (Fsp3) is 0.533. The second kappa shape index (κ2) is 4.01. The van der Waals surface area contributed by atoms with E-state index in [9.17, 15) is 0 Å². The Morgan fingerprint density at radius 1 is 1.33 bits per heavy atom. The molecule has 1 fully saturated rings. The van der Waals surface area contributed by atoms with Crippen LogP contribution in [0.5, 0.6) is 0 Å². The number of aryl methyl sites for hydroxylation is 1. The van der Waals surface area contributed by atoms with Crippen molar-refractivity contribution < 1.29 is 0 Å². The Bertz CT molecular complexity index is 577. The van der Waals surface area contributed by atoms with Crippen LogP contribution in [0.25, 0.3) is 11.0 Å². The van der Waals surface area contributed by atoms with Crippen LogP contribution in [0.3, 0.4) is 0 Å². The molecule has 18 heavy (non-hydrogen) atoms. The molecule has 0 spiro atoms. The van der Waals surface area contributed by atoms with Gasteiger partial charge in [0, 0.05) is 6.54 Å². The van der Waals surface area contributed by atoms with E-state index in [4.69, 9.17) is 5.73 Å².